The van der Waals surface area contributed by atoms with Gasteiger partial charge in [0, 0.05) is 46.7 Å². The molecule has 42 heavy (non-hydrogen) atoms. The van der Waals surface area contributed by atoms with Gasteiger partial charge in [-0.3, -0.25) is 5.41 Å². The molecule has 3 atom stereocenters. The molecule has 0 aromatic heterocycles. The fourth-order valence-corrected chi connectivity index (χ4v) is 6.01. The molecule has 1 aliphatic carbocycles. The maximum Gasteiger partial charge on any atom is 0.136 e. The molecule has 0 spiro atoms. The molecule has 7 rings (SSSR count). The standard InChI is InChI=1S/C37H32N4O/c1-41-33(29-17-7-10-23-34(29)42-25-13-3-2-4-14-25)22-12-24-35(41)39-32-21-9-6-16-28(32)36(38)30-19-11-18-27-26-15-5-8-20-31(26)40-37(27)30/h2-24,26,31,35,38-40H,1H3. The van der Waals surface area contributed by atoms with Crippen molar-refractivity contribution in [1.82, 2.24) is 4.90 Å². The molecule has 0 radical (unpaired) electrons. The summed E-state index contributed by atoms with van der Waals surface area (Å²) in [6.07, 6.45) is 14.8. The van der Waals surface area contributed by atoms with Crippen molar-refractivity contribution in [2.45, 2.75) is 18.1 Å². The van der Waals surface area contributed by atoms with Crippen molar-refractivity contribution in [1.29, 1.82) is 5.41 Å². The summed E-state index contributed by atoms with van der Waals surface area (Å²) in [5.41, 5.74) is 7.53. The van der Waals surface area contributed by atoms with Crippen LogP contribution in [0.1, 0.15) is 28.2 Å². The van der Waals surface area contributed by atoms with E-state index in [1.165, 1.54) is 5.56 Å². The Balaban J connectivity index is 1.15. The van der Waals surface area contributed by atoms with E-state index < -0.39 is 0 Å². The minimum Gasteiger partial charge on any atom is -0.457 e. The fourth-order valence-electron chi connectivity index (χ4n) is 6.01. The zero-order valence-corrected chi connectivity index (χ0v) is 23.4. The summed E-state index contributed by atoms with van der Waals surface area (Å²) in [4.78, 5) is 2.21. The number of benzene rings is 4. The minimum absolute atomic E-state index is 0.124. The first-order valence-electron chi connectivity index (χ1n) is 14.3. The molecule has 206 valence electrons. The highest BCUT2D eigenvalue weighted by molar-refractivity contribution is 6.17. The predicted octanol–water partition coefficient (Wildman–Crippen LogP) is 8.18. The van der Waals surface area contributed by atoms with Crippen LogP contribution in [0, 0.1) is 5.41 Å². The predicted molar refractivity (Wildman–Crippen MR) is 172 cm³/mol. The number of likely N-dealkylation sites (N-methyl/N-ethyl adjacent to an activating group) is 1. The van der Waals surface area contributed by atoms with Crippen molar-refractivity contribution in [3.05, 3.63) is 162 Å². The smallest absolute Gasteiger partial charge is 0.136 e. The van der Waals surface area contributed by atoms with Crippen molar-refractivity contribution < 1.29 is 4.74 Å². The largest absolute Gasteiger partial charge is 0.457 e. The van der Waals surface area contributed by atoms with Gasteiger partial charge >= 0.3 is 0 Å². The number of fused-ring (bicyclic) bond motifs is 3. The third-order valence-corrected chi connectivity index (χ3v) is 8.15. The summed E-state index contributed by atoms with van der Waals surface area (Å²) >= 11 is 0. The van der Waals surface area contributed by atoms with Gasteiger partial charge in [0.15, 0.2) is 0 Å². The molecule has 4 aromatic carbocycles. The maximum atomic E-state index is 9.34. The molecule has 5 nitrogen and oxygen atoms in total. The number of nitrogens with one attached hydrogen (secondary N) is 3. The number of anilines is 2. The molecule has 0 amide bonds. The molecule has 0 saturated heterocycles. The van der Waals surface area contributed by atoms with E-state index in [0.717, 1.165) is 45.3 Å². The molecule has 4 aromatic rings. The quantitative estimate of drug-likeness (QED) is 0.204. The van der Waals surface area contributed by atoms with Gasteiger partial charge in [-0.2, -0.15) is 0 Å². The highest BCUT2D eigenvalue weighted by atomic mass is 16.5. The molecular weight excluding hydrogens is 516 g/mol. The van der Waals surface area contributed by atoms with Gasteiger partial charge in [-0.25, -0.2) is 0 Å². The van der Waals surface area contributed by atoms with Gasteiger partial charge in [-0.15, -0.1) is 0 Å². The molecule has 3 N–H and O–H groups in total. The molecule has 0 fully saturated rings. The first-order chi connectivity index (χ1) is 20.7. The first-order valence-corrected chi connectivity index (χ1v) is 14.3. The number of allylic oxidation sites excluding steroid dienone is 4. The van der Waals surface area contributed by atoms with E-state index in [4.69, 9.17) is 4.74 Å². The number of para-hydroxylation sites is 4. The van der Waals surface area contributed by atoms with E-state index in [9.17, 15) is 5.41 Å². The molecule has 0 bridgehead atoms. The van der Waals surface area contributed by atoms with Gasteiger partial charge in [-0.1, -0.05) is 97.1 Å². The van der Waals surface area contributed by atoms with Crippen molar-refractivity contribution in [2.75, 3.05) is 17.7 Å². The van der Waals surface area contributed by atoms with Gasteiger partial charge in [0.2, 0.25) is 0 Å². The van der Waals surface area contributed by atoms with Gasteiger partial charge < -0.3 is 20.3 Å². The third kappa shape index (κ3) is 4.69. The van der Waals surface area contributed by atoms with Crippen molar-refractivity contribution >= 4 is 22.8 Å². The molecule has 2 aliphatic heterocycles. The van der Waals surface area contributed by atoms with Crippen molar-refractivity contribution in [2.24, 2.45) is 0 Å². The van der Waals surface area contributed by atoms with E-state index >= 15 is 0 Å². The maximum absolute atomic E-state index is 9.34. The fraction of sp³-hybridized carbons (Fsp3) is 0.108. The van der Waals surface area contributed by atoms with E-state index in [1.807, 2.05) is 72.8 Å². The van der Waals surface area contributed by atoms with Gasteiger partial charge in [-0.05, 0) is 48.0 Å². The summed E-state index contributed by atoms with van der Waals surface area (Å²) in [5.74, 6) is 1.90. The molecule has 3 unspecified atom stereocenters. The van der Waals surface area contributed by atoms with Crippen LogP contribution in [0.4, 0.5) is 11.4 Å². The SMILES string of the molecule is CN1C(c2ccccc2Oc2ccccc2)=CC=CC1Nc1ccccc1C(=N)c1cccc2c1NC1C=CC=CC21. The van der Waals surface area contributed by atoms with E-state index in [2.05, 4.69) is 89.4 Å². The van der Waals surface area contributed by atoms with E-state index in [0.29, 0.717) is 11.6 Å². The number of rotatable bonds is 7. The highest BCUT2D eigenvalue weighted by Gasteiger charge is 2.32. The lowest BCUT2D eigenvalue weighted by Crippen LogP contribution is -2.37. The van der Waals surface area contributed by atoms with Crippen molar-refractivity contribution in [3.63, 3.8) is 0 Å². The Morgan fingerprint density at radius 2 is 1.55 bits per heavy atom. The summed E-state index contributed by atoms with van der Waals surface area (Å²) in [5, 5.41) is 16.7. The van der Waals surface area contributed by atoms with Crippen molar-refractivity contribution in [3.8, 4) is 11.5 Å². The van der Waals surface area contributed by atoms with Crippen LogP contribution in [0.25, 0.3) is 5.70 Å². The molecule has 5 heteroatoms. The summed E-state index contributed by atoms with van der Waals surface area (Å²) in [6.45, 7) is 0. The summed E-state index contributed by atoms with van der Waals surface area (Å²) in [6, 6.07) is 32.6. The Morgan fingerprint density at radius 1 is 0.786 bits per heavy atom. The van der Waals surface area contributed by atoms with E-state index in [1.54, 1.807) is 0 Å². The topological polar surface area (TPSA) is 60.4 Å². The van der Waals surface area contributed by atoms with Crippen LogP contribution in [0.2, 0.25) is 0 Å². The zero-order valence-electron chi connectivity index (χ0n) is 23.4. The first kappa shape index (κ1) is 25.7. The lowest BCUT2D eigenvalue weighted by Gasteiger charge is -2.34. The van der Waals surface area contributed by atoms with E-state index in [-0.39, 0.29) is 12.2 Å². The molecule has 0 saturated carbocycles. The molecule has 2 heterocycles. The average Bonchev–Trinajstić information content (AvgIpc) is 3.42. The second-order valence-electron chi connectivity index (χ2n) is 10.7. The van der Waals surface area contributed by atoms with Crippen LogP contribution in [0.5, 0.6) is 11.5 Å². The van der Waals surface area contributed by atoms with Crippen LogP contribution in [0.3, 0.4) is 0 Å². The average molecular weight is 549 g/mol. The van der Waals surface area contributed by atoms with Crippen LogP contribution < -0.4 is 15.4 Å². The number of hydrogen-bond donors (Lipinski definition) is 3. The van der Waals surface area contributed by atoms with Crippen LogP contribution in [-0.2, 0) is 0 Å². The highest BCUT2D eigenvalue weighted by Crippen LogP contribution is 2.42. The Kier molecular flexibility index (Phi) is 6.68. The normalized spacial score (nSPS) is 19.9. The van der Waals surface area contributed by atoms with Crippen LogP contribution >= 0.6 is 0 Å². The second kappa shape index (κ2) is 10.9. The summed E-state index contributed by atoms with van der Waals surface area (Å²) < 4.78 is 6.28. The van der Waals surface area contributed by atoms with Crippen LogP contribution in [0.15, 0.2) is 140 Å². The minimum atomic E-state index is -0.124. The monoisotopic (exact) mass is 548 g/mol. The number of nitrogens with zero attached hydrogens (tertiary/aromatic N) is 1. The lowest BCUT2D eigenvalue weighted by molar-refractivity contribution is 0.428. The van der Waals surface area contributed by atoms with Crippen LogP contribution in [-0.4, -0.2) is 29.9 Å². The Labute approximate surface area is 246 Å². The lowest BCUT2D eigenvalue weighted by atomic mass is 9.90. The Bertz CT molecular complexity index is 1770. The summed E-state index contributed by atoms with van der Waals surface area (Å²) in [7, 11) is 2.08. The number of hydrogen-bond acceptors (Lipinski definition) is 5. The van der Waals surface area contributed by atoms with Gasteiger partial charge in [0.25, 0.3) is 0 Å². The number of ether oxygens (including phenoxy) is 1. The second-order valence-corrected chi connectivity index (χ2v) is 10.7. The third-order valence-electron chi connectivity index (χ3n) is 8.15. The van der Waals surface area contributed by atoms with Gasteiger partial charge in [0.1, 0.15) is 17.7 Å². The Morgan fingerprint density at radius 3 is 2.45 bits per heavy atom. The van der Waals surface area contributed by atoms with Gasteiger partial charge in [0.05, 0.1) is 11.8 Å². The molecule has 3 aliphatic rings. The molecular formula is C37H32N4O. The Hall–Kier alpha value is -5.29. The zero-order chi connectivity index (χ0) is 28.5.